The fraction of sp³-hybridized carbons (Fsp3) is 0.417. The lowest BCUT2D eigenvalue weighted by atomic mass is 10.1. The van der Waals surface area contributed by atoms with Gasteiger partial charge in [-0.3, -0.25) is 0 Å². The minimum atomic E-state index is -0.292. The summed E-state index contributed by atoms with van der Waals surface area (Å²) in [4.78, 5) is 13.6. The van der Waals surface area contributed by atoms with Gasteiger partial charge in [0.2, 0.25) is 0 Å². The number of esters is 1. The van der Waals surface area contributed by atoms with Crippen LogP contribution in [0.5, 0.6) is 0 Å². The van der Waals surface area contributed by atoms with E-state index in [9.17, 15) is 4.79 Å². The number of ether oxygens (including phenoxy) is 1. The first-order valence-corrected chi connectivity index (χ1v) is 5.18. The van der Waals surface area contributed by atoms with Crippen LogP contribution in [0.15, 0.2) is 18.2 Å². The number of rotatable bonds is 4. The van der Waals surface area contributed by atoms with Crippen LogP contribution in [0.2, 0.25) is 0 Å². The fourth-order valence-electron chi connectivity index (χ4n) is 1.31. The number of hydrogen-bond donors (Lipinski definition) is 1. The highest BCUT2D eigenvalue weighted by Crippen LogP contribution is 2.13. The van der Waals surface area contributed by atoms with Crippen LogP contribution in [-0.2, 0) is 4.74 Å². The number of nitrogens with zero attached hydrogens (tertiary/aromatic N) is 1. The van der Waals surface area contributed by atoms with Gasteiger partial charge in [0.15, 0.2) is 0 Å². The van der Waals surface area contributed by atoms with E-state index in [1.807, 2.05) is 25.9 Å². The molecule has 0 unspecified atom stereocenters. The van der Waals surface area contributed by atoms with Crippen molar-refractivity contribution in [2.45, 2.75) is 6.92 Å². The summed E-state index contributed by atoms with van der Waals surface area (Å²) < 4.78 is 5.14. The van der Waals surface area contributed by atoms with Crippen molar-refractivity contribution in [3.63, 3.8) is 0 Å². The monoisotopic (exact) mass is 222 g/mol. The van der Waals surface area contributed by atoms with Crippen molar-refractivity contribution in [3.8, 4) is 0 Å². The smallest absolute Gasteiger partial charge is 0.338 e. The highest BCUT2D eigenvalue weighted by atomic mass is 16.5. The van der Waals surface area contributed by atoms with Crippen molar-refractivity contribution in [2.75, 3.05) is 33.0 Å². The van der Waals surface area contributed by atoms with Gasteiger partial charge in [-0.1, -0.05) is 0 Å². The largest absolute Gasteiger partial charge is 0.461 e. The number of carbonyl (C=O) groups is 1. The maximum Gasteiger partial charge on any atom is 0.338 e. The Morgan fingerprint density at radius 3 is 2.69 bits per heavy atom. The van der Waals surface area contributed by atoms with E-state index in [0.717, 1.165) is 12.1 Å². The summed E-state index contributed by atoms with van der Waals surface area (Å²) in [5, 5.41) is 0. The molecule has 0 fully saturated rings. The lowest BCUT2D eigenvalue weighted by molar-refractivity contribution is 0.0481. The third-order valence-corrected chi connectivity index (χ3v) is 2.24. The molecule has 0 radical (unpaired) electrons. The summed E-state index contributed by atoms with van der Waals surface area (Å²) in [6.07, 6.45) is 0. The van der Waals surface area contributed by atoms with E-state index in [1.165, 1.54) is 0 Å². The summed E-state index contributed by atoms with van der Waals surface area (Å²) in [6, 6.07) is 5.17. The van der Waals surface area contributed by atoms with E-state index in [4.69, 9.17) is 10.5 Å². The predicted octanol–water partition coefficient (Wildman–Crippen LogP) is 1.30. The number of hydrogen-bond acceptors (Lipinski definition) is 4. The molecule has 0 aromatic heterocycles. The average molecular weight is 222 g/mol. The molecule has 1 aromatic rings. The van der Waals surface area contributed by atoms with Gasteiger partial charge in [0, 0.05) is 12.2 Å². The molecule has 16 heavy (non-hydrogen) atoms. The zero-order valence-electron chi connectivity index (χ0n) is 9.99. The molecule has 0 bridgehead atoms. The first kappa shape index (κ1) is 12.5. The van der Waals surface area contributed by atoms with E-state index in [2.05, 4.69) is 0 Å². The summed E-state index contributed by atoms with van der Waals surface area (Å²) >= 11 is 0. The quantitative estimate of drug-likeness (QED) is 0.616. The Morgan fingerprint density at radius 1 is 1.44 bits per heavy atom. The van der Waals surface area contributed by atoms with Crippen molar-refractivity contribution in [2.24, 2.45) is 0 Å². The van der Waals surface area contributed by atoms with Crippen LogP contribution in [0.3, 0.4) is 0 Å². The molecule has 0 spiro atoms. The van der Waals surface area contributed by atoms with Crippen LogP contribution in [0.4, 0.5) is 5.69 Å². The van der Waals surface area contributed by atoms with Crippen LogP contribution in [0, 0.1) is 6.92 Å². The number of carbonyl (C=O) groups excluding carboxylic acids is 1. The van der Waals surface area contributed by atoms with Gasteiger partial charge in [-0.25, -0.2) is 4.79 Å². The summed E-state index contributed by atoms with van der Waals surface area (Å²) in [5.74, 6) is -0.292. The number of likely N-dealkylation sites (N-methyl/N-ethyl adjacent to an activating group) is 1. The van der Waals surface area contributed by atoms with Crippen molar-refractivity contribution in [3.05, 3.63) is 29.3 Å². The van der Waals surface area contributed by atoms with Gasteiger partial charge in [-0.05, 0) is 44.8 Å². The molecule has 0 amide bonds. The minimum Gasteiger partial charge on any atom is -0.461 e. The summed E-state index contributed by atoms with van der Waals surface area (Å²) in [7, 11) is 3.87. The zero-order chi connectivity index (χ0) is 12.1. The van der Waals surface area contributed by atoms with Crippen molar-refractivity contribution >= 4 is 11.7 Å². The van der Waals surface area contributed by atoms with Gasteiger partial charge in [-0.2, -0.15) is 0 Å². The van der Waals surface area contributed by atoms with Gasteiger partial charge in [0.25, 0.3) is 0 Å². The van der Waals surface area contributed by atoms with E-state index in [0.29, 0.717) is 17.9 Å². The molecule has 0 heterocycles. The van der Waals surface area contributed by atoms with Gasteiger partial charge >= 0.3 is 5.97 Å². The van der Waals surface area contributed by atoms with E-state index in [1.54, 1.807) is 18.2 Å². The van der Waals surface area contributed by atoms with Crippen molar-refractivity contribution in [1.29, 1.82) is 0 Å². The Kier molecular flexibility index (Phi) is 4.31. The first-order valence-electron chi connectivity index (χ1n) is 5.18. The Bertz CT molecular complexity index is 375. The van der Waals surface area contributed by atoms with Gasteiger partial charge in [0.05, 0.1) is 5.56 Å². The average Bonchev–Trinajstić information content (AvgIpc) is 2.16. The van der Waals surface area contributed by atoms with Crippen LogP contribution < -0.4 is 5.73 Å². The Balaban J connectivity index is 2.59. The molecule has 4 heteroatoms. The molecule has 2 N–H and O–H groups in total. The van der Waals surface area contributed by atoms with Gasteiger partial charge in [0.1, 0.15) is 6.61 Å². The van der Waals surface area contributed by atoms with Gasteiger partial charge in [-0.15, -0.1) is 0 Å². The molecule has 0 saturated heterocycles. The molecular weight excluding hydrogens is 204 g/mol. The van der Waals surface area contributed by atoms with Crippen molar-refractivity contribution < 1.29 is 9.53 Å². The highest BCUT2D eigenvalue weighted by Gasteiger charge is 2.10. The van der Waals surface area contributed by atoms with Crippen LogP contribution in [-0.4, -0.2) is 38.1 Å². The number of aryl methyl sites for hydroxylation is 1. The molecule has 0 saturated carbocycles. The van der Waals surface area contributed by atoms with E-state index < -0.39 is 0 Å². The minimum absolute atomic E-state index is 0.292. The Hall–Kier alpha value is -1.55. The second kappa shape index (κ2) is 5.51. The standard InChI is InChI=1S/C12H18N2O2/c1-9-8-10(13)4-5-11(9)12(15)16-7-6-14(2)3/h4-5,8H,6-7,13H2,1-3H3. The molecule has 1 aromatic carbocycles. The zero-order valence-corrected chi connectivity index (χ0v) is 9.99. The normalized spacial score (nSPS) is 10.5. The topological polar surface area (TPSA) is 55.6 Å². The van der Waals surface area contributed by atoms with Crippen LogP contribution in [0.1, 0.15) is 15.9 Å². The molecular formula is C12H18N2O2. The molecule has 0 aliphatic heterocycles. The molecule has 1 rings (SSSR count). The molecule has 0 aliphatic carbocycles. The number of benzene rings is 1. The second-order valence-electron chi connectivity index (χ2n) is 4.01. The highest BCUT2D eigenvalue weighted by molar-refractivity contribution is 5.91. The molecule has 4 nitrogen and oxygen atoms in total. The molecule has 0 aliphatic rings. The van der Waals surface area contributed by atoms with E-state index >= 15 is 0 Å². The molecule has 88 valence electrons. The Labute approximate surface area is 96.0 Å². The maximum atomic E-state index is 11.7. The Morgan fingerprint density at radius 2 is 2.12 bits per heavy atom. The second-order valence-corrected chi connectivity index (χ2v) is 4.01. The van der Waals surface area contributed by atoms with Crippen molar-refractivity contribution in [1.82, 2.24) is 4.90 Å². The lowest BCUT2D eigenvalue weighted by Gasteiger charge is -2.11. The number of nitrogen functional groups attached to an aromatic ring is 1. The SMILES string of the molecule is Cc1cc(N)ccc1C(=O)OCCN(C)C. The van der Waals surface area contributed by atoms with E-state index in [-0.39, 0.29) is 5.97 Å². The van der Waals surface area contributed by atoms with Gasteiger partial charge < -0.3 is 15.4 Å². The summed E-state index contributed by atoms with van der Waals surface area (Å²) in [5.41, 5.74) is 7.68. The lowest BCUT2D eigenvalue weighted by Crippen LogP contribution is -2.20. The first-order chi connectivity index (χ1) is 7.50. The third kappa shape index (κ3) is 3.55. The van der Waals surface area contributed by atoms with Crippen LogP contribution in [0.25, 0.3) is 0 Å². The maximum absolute atomic E-state index is 11.7. The number of anilines is 1. The molecule has 0 atom stereocenters. The van der Waals surface area contributed by atoms with Crippen LogP contribution >= 0.6 is 0 Å². The third-order valence-electron chi connectivity index (χ3n) is 2.24. The fourth-order valence-corrected chi connectivity index (χ4v) is 1.31. The predicted molar refractivity (Wildman–Crippen MR) is 64.4 cm³/mol. The summed E-state index contributed by atoms with van der Waals surface area (Å²) in [6.45, 7) is 2.97. The number of nitrogens with two attached hydrogens (primary N) is 1.